The first-order valence-electron chi connectivity index (χ1n) is 5.57. The van der Waals surface area contributed by atoms with Crippen LogP contribution in [0.25, 0.3) is 0 Å². The van der Waals surface area contributed by atoms with Crippen LogP contribution >= 0.6 is 0 Å². The summed E-state index contributed by atoms with van der Waals surface area (Å²) in [5.41, 5.74) is 8.99. The molecule has 16 heavy (non-hydrogen) atoms. The van der Waals surface area contributed by atoms with Crippen LogP contribution in [0.5, 0.6) is 0 Å². The first kappa shape index (κ1) is 10.8. The van der Waals surface area contributed by atoms with E-state index in [2.05, 4.69) is 35.3 Å². The minimum absolute atomic E-state index is 0.513. The van der Waals surface area contributed by atoms with Crippen molar-refractivity contribution in [2.24, 2.45) is 5.73 Å². The highest BCUT2D eigenvalue weighted by Gasteiger charge is 1.97. The second-order valence-electron chi connectivity index (χ2n) is 3.81. The SMILES string of the molecule is NCc1cccc(CCc2ccccc2)n1. The van der Waals surface area contributed by atoms with Crippen LogP contribution in [-0.2, 0) is 19.4 Å². The molecule has 2 nitrogen and oxygen atoms in total. The van der Waals surface area contributed by atoms with Crippen molar-refractivity contribution < 1.29 is 0 Å². The molecular formula is C14H16N2. The van der Waals surface area contributed by atoms with Gasteiger partial charge in [0.1, 0.15) is 0 Å². The van der Waals surface area contributed by atoms with Gasteiger partial charge in [-0.2, -0.15) is 0 Å². The molecule has 0 spiro atoms. The fourth-order valence-corrected chi connectivity index (χ4v) is 1.70. The topological polar surface area (TPSA) is 38.9 Å². The standard InChI is InChI=1S/C14H16N2/c15-11-14-8-4-7-13(16-14)10-9-12-5-2-1-3-6-12/h1-8H,9-11,15H2. The van der Waals surface area contributed by atoms with Crippen molar-refractivity contribution in [3.8, 4) is 0 Å². The van der Waals surface area contributed by atoms with Crippen molar-refractivity contribution in [3.05, 3.63) is 65.5 Å². The molecule has 1 aromatic heterocycles. The molecule has 0 bridgehead atoms. The van der Waals surface area contributed by atoms with Gasteiger partial charge in [0.2, 0.25) is 0 Å². The third-order valence-corrected chi connectivity index (χ3v) is 2.59. The molecule has 0 atom stereocenters. The summed E-state index contributed by atoms with van der Waals surface area (Å²) >= 11 is 0. The van der Waals surface area contributed by atoms with Crippen molar-refractivity contribution in [1.82, 2.24) is 4.98 Å². The number of hydrogen-bond acceptors (Lipinski definition) is 2. The number of benzene rings is 1. The molecule has 2 N–H and O–H groups in total. The highest BCUT2D eigenvalue weighted by Crippen LogP contribution is 2.06. The Morgan fingerprint density at radius 1 is 0.812 bits per heavy atom. The summed E-state index contributed by atoms with van der Waals surface area (Å²) in [5.74, 6) is 0. The fraction of sp³-hybridized carbons (Fsp3) is 0.214. The van der Waals surface area contributed by atoms with Gasteiger partial charge in [-0.15, -0.1) is 0 Å². The summed E-state index contributed by atoms with van der Waals surface area (Å²) in [7, 11) is 0. The Morgan fingerprint density at radius 2 is 1.56 bits per heavy atom. The van der Waals surface area contributed by atoms with Crippen LogP contribution in [0, 0.1) is 0 Å². The van der Waals surface area contributed by atoms with Gasteiger partial charge in [0.05, 0.1) is 5.69 Å². The van der Waals surface area contributed by atoms with Gasteiger partial charge >= 0.3 is 0 Å². The van der Waals surface area contributed by atoms with Crippen molar-refractivity contribution in [2.45, 2.75) is 19.4 Å². The summed E-state index contributed by atoms with van der Waals surface area (Å²) in [6, 6.07) is 16.5. The molecule has 2 heteroatoms. The van der Waals surface area contributed by atoms with E-state index >= 15 is 0 Å². The van der Waals surface area contributed by atoms with Crippen LogP contribution in [-0.4, -0.2) is 4.98 Å². The summed E-state index contributed by atoms with van der Waals surface area (Å²) in [5, 5.41) is 0. The second-order valence-corrected chi connectivity index (χ2v) is 3.81. The Balaban J connectivity index is 1.99. The molecule has 2 rings (SSSR count). The zero-order chi connectivity index (χ0) is 11.2. The third kappa shape index (κ3) is 2.91. The quantitative estimate of drug-likeness (QED) is 0.844. The Hall–Kier alpha value is -1.67. The molecule has 0 aliphatic carbocycles. The molecule has 0 radical (unpaired) electrons. The zero-order valence-electron chi connectivity index (χ0n) is 9.26. The van der Waals surface area contributed by atoms with Gasteiger partial charge in [-0.1, -0.05) is 36.4 Å². The molecule has 1 aromatic carbocycles. The number of nitrogens with zero attached hydrogens (tertiary/aromatic N) is 1. The molecule has 2 aromatic rings. The molecule has 0 unspecified atom stereocenters. The average Bonchev–Trinajstić information content (AvgIpc) is 2.38. The highest BCUT2D eigenvalue weighted by molar-refractivity contribution is 5.17. The summed E-state index contributed by atoms with van der Waals surface area (Å²) in [6.45, 7) is 0.513. The van der Waals surface area contributed by atoms with Crippen molar-refractivity contribution in [3.63, 3.8) is 0 Å². The van der Waals surface area contributed by atoms with Crippen molar-refractivity contribution >= 4 is 0 Å². The van der Waals surface area contributed by atoms with E-state index in [0.717, 1.165) is 24.2 Å². The molecule has 0 saturated heterocycles. The average molecular weight is 212 g/mol. The van der Waals surface area contributed by atoms with Gasteiger partial charge < -0.3 is 5.73 Å². The lowest BCUT2D eigenvalue weighted by Crippen LogP contribution is -2.02. The molecule has 0 amide bonds. The minimum atomic E-state index is 0.513. The van der Waals surface area contributed by atoms with Gasteiger partial charge in [-0.05, 0) is 30.5 Å². The maximum absolute atomic E-state index is 5.56. The summed E-state index contributed by atoms with van der Waals surface area (Å²) in [6.07, 6.45) is 2.00. The molecule has 82 valence electrons. The second kappa shape index (κ2) is 5.42. The smallest absolute Gasteiger partial charge is 0.0542 e. The number of hydrogen-bond donors (Lipinski definition) is 1. The van der Waals surface area contributed by atoms with E-state index in [9.17, 15) is 0 Å². The van der Waals surface area contributed by atoms with Crippen LogP contribution in [0.4, 0.5) is 0 Å². The molecule has 0 aliphatic heterocycles. The van der Waals surface area contributed by atoms with Crippen LogP contribution in [0.15, 0.2) is 48.5 Å². The van der Waals surface area contributed by atoms with E-state index in [4.69, 9.17) is 5.73 Å². The first-order chi connectivity index (χ1) is 7.88. The molecule has 0 fully saturated rings. The van der Waals surface area contributed by atoms with Crippen LogP contribution in [0.2, 0.25) is 0 Å². The van der Waals surface area contributed by atoms with Gasteiger partial charge in [-0.25, -0.2) is 0 Å². The predicted molar refractivity (Wildman–Crippen MR) is 66.0 cm³/mol. The lowest BCUT2D eigenvalue weighted by atomic mass is 10.1. The molecule has 1 heterocycles. The van der Waals surface area contributed by atoms with Crippen LogP contribution in [0.3, 0.4) is 0 Å². The number of aromatic nitrogens is 1. The first-order valence-corrected chi connectivity index (χ1v) is 5.57. The van der Waals surface area contributed by atoms with E-state index in [1.165, 1.54) is 5.56 Å². The Kier molecular flexibility index (Phi) is 3.67. The third-order valence-electron chi connectivity index (χ3n) is 2.59. The Labute approximate surface area is 96.1 Å². The fourth-order valence-electron chi connectivity index (χ4n) is 1.70. The van der Waals surface area contributed by atoms with E-state index in [0.29, 0.717) is 6.54 Å². The van der Waals surface area contributed by atoms with Crippen molar-refractivity contribution in [2.75, 3.05) is 0 Å². The number of aryl methyl sites for hydroxylation is 2. The lowest BCUT2D eigenvalue weighted by molar-refractivity contribution is 0.878. The summed E-state index contributed by atoms with van der Waals surface area (Å²) < 4.78 is 0. The van der Waals surface area contributed by atoms with E-state index < -0.39 is 0 Å². The maximum Gasteiger partial charge on any atom is 0.0542 e. The highest BCUT2D eigenvalue weighted by atomic mass is 14.7. The molecular weight excluding hydrogens is 196 g/mol. The normalized spacial score (nSPS) is 10.3. The maximum atomic E-state index is 5.56. The zero-order valence-corrected chi connectivity index (χ0v) is 9.26. The van der Waals surface area contributed by atoms with Gasteiger partial charge in [-0.3, -0.25) is 4.98 Å². The predicted octanol–water partition coefficient (Wildman–Crippen LogP) is 2.33. The van der Waals surface area contributed by atoms with E-state index in [1.807, 2.05) is 18.2 Å². The van der Waals surface area contributed by atoms with Gasteiger partial charge in [0.25, 0.3) is 0 Å². The lowest BCUT2D eigenvalue weighted by Gasteiger charge is -2.03. The van der Waals surface area contributed by atoms with Crippen LogP contribution < -0.4 is 5.73 Å². The molecule has 0 saturated carbocycles. The number of rotatable bonds is 4. The number of pyridine rings is 1. The van der Waals surface area contributed by atoms with Crippen LogP contribution in [0.1, 0.15) is 17.0 Å². The number of nitrogens with two attached hydrogens (primary N) is 1. The monoisotopic (exact) mass is 212 g/mol. The minimum Gasteiger partial charge on any atom is -0.325 e. The van der Waals surface area contributed by atoms with Crippen molar-refractivity contribution in [1.29, 1.82) is 0 Å². The molecule has 0 aliphatic rings. The largest absolute Gasteiger partial charge is 0.325 e. The van der Waals surface area contributed by atoms with Gasteiger partial charge in [0.15, 0.2) is 0 Å². The Morgan fingerprint density at radius 3 is 2.31 bits per heavy atom. The van der Waals surface area contributed by atoms with E-state index in [1.54, 1.807) is 0 Å². The summed E-state index contributed by atoms with van der Waals surface area (Å²) in [4.78, 5) is 4.48. The van der Waals surface area contributed by atoms with Gasteiger partial charge in [0, 0.05) is 12.2 Å². The Bertz CT molecular complexity index is 437. The van der Waals surface area contributed by atoms with E-state index in [-0.39, 0.29) is 0 Å².